The van der Waals surface area contributed by atoms with Gasteiger partial charge < -0.3 is 24.3 Å². The van der Waals surface area contributed by atoms with Crippen molar-refractivity contribution in [1.29, 1.82) is 0 Å². The van der Waals surface area contributed by atoms with Crippen molar-refractivity contribution >= 4 is 46.3 Å². The summed E-state index contributed by atoms with van der Waals surface area (Å²) in [6, 6.07) is 6.95. The highest BCUT2D eigenvalue weighted by molar-refractivity contribution is 7.99. The van der Waals surface area contributed by atoms with E-state index in [1.807, 2.05) is 0 Å². The molecule has 0 radical (unpaired) electrons. The van der Waals surface area contributed by atoms with Crippen LogP contribution >= 0.6 is 11.8 Å². The van der Waals surface area contributed by atoms with Crippen molar-refractivity contribution in [2.24, 2.45) is 11.8 Å². The Hall–Kier alpha value is -4.62. The first-order chi connectivity index (χ1) is 27.7. The standard InChI is InChI=1S/C42H47FN6O7S/c43-33-22-29(23-34-38(33)40(52)45-36(44-34)25-57-30-11-19-55-20-12-30)56-24-28-9-15-48(16-10-28)18-17-47-13-7-26(8-14-47)1-2-27-3-4-31-32(21-27)42(54)49(41(31)53)35-5-6-37(50)46-39(35)51/h3-4,21-23,26,28,30,35H,5-20,24-25H2,(H,44,45,52)(H,46,50,51). The number of imide groups is 2. The van der Waals surface area contributed by atoms with Gasteiger partial charge in [-0.05, 0) is 95.2 Å². The molecule has 13 nitrogen and oxygen atoms in total. The van der Waals surface area contributed by atoms with E-state index in [2.05, 4.69) is 36.9 Å². The third-order valence-electron chi connectivity index (χ3n) is 11.8. The van der Waals surface area contributed by atoms with Gasteiger partial charge in [0.05, 0.1) is 29.0 Å². The van der Waals surface area contributed by atoms with Crippen LogP contribution in [0.15, 0.2) is 35.1 Å². The molecule has 57 heavy (non-hydrogen) atoms. The fourth-order valence-corrected chi connectivity index (χ4v) is 9.40. The molecule has 2 aromatic carbocycles. The number of hydrogen-bond donors (Lipinski definition) is 2. The maximum atomic E-state index is 15.0. The molecule has 0 aliphatic carbocycles. The van der Waals surface area contributed by atoms with Crippen molar-refractivity contribution in [3.8, 4) is 17.6 Å². The van der Waals surface area contributed by atoms with E-state index in [4.69, 9.17) is 9.47 Å². The minimum absolute atomic E-state index is 0.0382. The Bertz CT molecular complexity index is 2160. The molecule has 5 aliphatic heterocycles. The molecule has 8 rings (SSSR count). The summed E-state index contributed by atoms with van der Waals surface area (Å²) in [7, 11) is 0. The number of likely N-dealkylation sites (tertiary alicyclic amines) is 2. The Morgan fingerprint density at radius 1 is 0.877 bits per heavy atom. The molecule has 1 unspecified atom stereocenters. The van der Waals surface area contributed by atoms with E-state index in [9.17, 15) is 24.0 Å². The molecular formula is C42H47FN6O7S. The van der Waals surface area contributed by atoms with Crippen LogP contribution in [0.1, 0.15) is 83.5 Å². The normalized spacial score (nSPS) is 21.8. The largest absolute Gasteiger partial charge is 0.493 e. The van der Waals surface area contributed by atoms with Gasteiger partial charge in [0, 0.05) is 61.6 Å². The zero-order valence-corrected chi connectivity index (χ0v) is 32.7. The number of aromatic nitrogens is 2. The number of nitrogens with one attached hydrogen (secondary N) is 2. The van der Waals surface area contributed by atoms with E-state index in [1.165, 1.54) is 6.07 Å². The van der Waals surface area contributed by atoms with E-state index in [1.54, 1.807) is 36.0 Å². The lowest BCUT2D eigenvalue weighted by Crippen LogP contribution is -2.54. The maximum absolute atomic E-state index is 15.0. The summed E-state index contributed by atoms with van der Waals surface area (Å²) < 4.78 is 26.5. The third-order valence-corrected chi connectivity index (χ3v) is 13.2. The van der Waals surface area contributed by atoms with Gasteiger partial charge in [0.25, 0.3) is 17.4 Å². The van der Waals surface area contributed by atoms with Crippen molar-refractivity contribution in [3.05, 3.63) is 69.0 Å². The molecule has 300 valence electrons. The Kier molecular flexibility index (Phi) is 12.0. The lowest BCUT2D eigenvalue weighted by Gasteiger charge is -2.35. The van der Waals surface area contributed by atoms with Crippen LogP contribution in [0.5, 0.6) is 5.75 Å². The van der Waals surface area contributed by atoms with Gasteiger partial charge in [0.15, 0.2) is 0 Å². The van der Waals surface area contributed by atoms with Crippen LogP contribution in [0.3, 0.4) is 0 Å². The molecule has 0 spiro atoms. The first-order valence-electron chi connectivity index (χ1n) is 20.0. The number of hydrogen-bond acceptors (Lipinski definition) is 11. The number of nitrogens with zero attached hydrogens (tertiary/aromatic N) is 4. The molecule has 2 N–H and O–H groups in total. The summed E-state index contributed by atoms with van der Waals surface area (Å²) in [5.74, 6) is 5.97. The summed E-state index contributed by atoms with van der Waals surface area (Å²) in [5.41, 5.74) is 0.996. The lowest BCUT2D eigenvalue weighted by molar-refractivity contribution is -0.136. The predicted molar refractivity (Wildman–Crippen MR) is 211 cm³/mol. The second kappa shape index (κ2) is 17.5. The summed E-state index contributed by atoms with van der Waals surface area (Å²) in [6.45, 7) is 7.85. The van der Waals surface area contributed by atoms with E-state index in [0.29, 0.717) is 46.2 Å². The first-order valence-corrected chi connectivity index (χ1v) is 21.1. The predicted octanol–water partition coefficient (Wildman–Crippen LogP) is 3.73. The molecule has 4 amide bonds. The molecule has 15 heteroatoms. The van der Waals surface area contributed by atoms with Crippen molar-refractivity contribution in [3.63, 3.8) is 0 Å². The average molecular weight is 799 g/mol. The van der Waals surface area contributed by atoms with E-state index < -0.39 is 41.0 Å². The highest BCUT2D eigenvalue weighted by Crippen LogP contribution is 2.30. The lowest BCUT2D eigenvalue weighted by atomic mass is 9.96. The molecule has 6 heterocycles. The summed E-state index contributed by atoms with van der Waals surface area (Å²) in [4.78, 5) is 76.1. The molecule has 1 aromatic heterocycles. The summed E-state index contributed by atoms with van der Waals surface area (Å²) in [6.07, 6.45) is 6.04. The zero-order valence-electron chi connectivity index (χ0n) is 31.9. The first kappa shape index (κ1) is 39.2. The number of halogens is 1. The van der Waals surface area contributed by atoms with E-state index in [-0.39, 0.29) is 35.3 Å². The smallest absolute Gasteiger partial charge is 0.262 e. The van der Waals surface area contributed by atoms with Gasteiger partial charge in [-0.3, -0.25) is 34.2 Å². The van der Waals surface area contributed by atoms with Gasteiger partial charge >= 0.3 is 0 Å². The molecule has 0 saturated carbocycles. The van der Waals surface area contributed by atoms with Crippen LogP contribution < -0.4 is 15.6 Å². The van der Waals surface area contributed by atoms with Crippen molar-refractivity contribution < 1.29 is 33.0 Å². The van der Waals surface area contributed by atoms with Gasteiger partial charge in [-0.2, -0.15) is 11.8 Å². The number of benzene rings is 2. The second-order valence-corrected chi connectivity index (χ2v) is 16.9. The van der Waals surface area contributed by atoms with Crippen molar-refractivity contribution in [2.75, 3.05) is 59.1 Å². The van der Waals surface area contributed by atoms with Crippen LogP contribution in [-0.4, -0.2) is 119 Å². The molecule has 5 aliphatic rings. The van der Waals surface area contributed by atoms with Gasteiger partial charge in [0.2, 0.25) is 11.8 Å². The minimum Gasteiger partial charge on any atom is -0.493 e. The number of carbonyl (C=O) groups is 4. The number of thioether (sulfide) groups is 1. The quantitative estimate of drug-likeness (QED) is 0.228. The molecule has 4 saturated heterocycles. The highest BCUT2D eigenvalue weighted by atomic mass is 32.2. The molecule has 0 bridgehead atoms. The fraction of sp³-hybridized carbons (Fsp3) is 0.524. The second-order valence-electron chi connectivity index (χ2n) is 15.6. The Balaban J connectivity index is 0.757. The number of H-pyrrole nitrogens is 1. The van der Waals surface area contributed by atoms with Gasteiger partial charge in [-0.25, -0.2) is 9.37 Å². The number of rotatable bonds is 10. The van der Waals surface area contributed by atoms with Crippen LogP contribution in [0.25, 0.3) is 10.9 Å². The van der Waals surface area contributed by atoms with E-state index >= 15 is 4.39 Å². The van der Waals surface area contributed by atoms with E-state index in [0.717, 1.165) is 95.9 Å². The maximum Gasteiger partial charge on any atom is 0.262 e. The monoisotopic (exact) mass is 798 g/mol. The molecule has 1 atom stereocenters. The average Bonchev–Trinajstić information content (AvgIpc) is 3.46. The number of piperidine rings is 3. The highest BCUT2D eigenvalue weighted by Gasteiger charge is 2.44. The molecular weight excluding hydrogens is 752 g/mol. The summed E-state index contributed by atoms with van der Waals surface area (Å²) in [5, 5.41) is 2.64. The van der Waals surface area contributed by atoms with Crippen LogP contribution in [0.4, 0.5) is 4.39 Å². The molecule has 3 aromatic rings. The minimum atomic E-state index is -0.990. The number of amides is 4. The molecule has 4 fully saturated rings. The topological polar surface area (TPSA) is 154 Å². The van der Waals surface area contributed by atoms with Gasteiger partial charge in [-0.15, -0.1) is 0 Å². The Labute approximate surface area is 334 Å². The van der Waals surface area contributed by atoms with Crippen molar-refractivity contribution in [2.45, 2.75) is 68.4 Å². The zero-order chi connectivity index (χ0) is 39.5. The Morgan fingerprint density at radius 2 is 1.60 bits per heavy atom. The number of fused-ring (bicyclic) bond motifs is 2. The van der Waals surface area contributed by atoms with Crippen LogP contribution in [0, 0.1) is 29.5 Å². The Morgan fingerprint density at radius 3 is 2.33 bits per heavy atom. The third kappa shape index (κ3) is 9.09. The van der Waals surface area contributed by atoms with Gasteiger partial charge in [0.1, 0.15) is 28.8 Å². The van der Waals surface area contributed by atoms with Crippen LogP contribution in [0.2, 0.25) is 0 Å². The van der Waals surface area contributed by atoms with Crippen molar-refractivity contribution in [1.82, 2.24) is 30.0 Å². The number of carbonyl (C=O) groups excluding carboxylic acids is 4. The summed E-state index contributed by atoms with van der Waals surface area (Å²) >= 11 is 1.74. The van der Waals surface area contributed by atoms with Crippen LogP contribution in [-0.2, 0) is 20.1 Å². The SMILES string of the molecule is O=C1CCC(N2C(=O)c3ccc(C#CC4CCN(CCN5CCC(COc6cc(F)c7c(=O)[nH]c(CSC8CCOCC8)nc7c6)CC5)CC4)cc3C2=O)C(=O)N1. The number of ether oxygens (including phenoxy) is 2. The fourth-order valence-electron chi connectivity index (χ4n) is 8.35. The van der Waals surface area contributed by atoms with Gasteiger partial charge in [-0.1, -0.05) is 11.8 Å². The number of aromatic amines is 1.